The predicted octanol–water partition coefficient (Wildman–Crippen LogP) is 1.15. The van der Waals surface area contributed by atoms with Gasteiger partial charge >= 0.3 is 6.18 Å². The highest BCUT2D eigenvalue weighted by Crippen LogP contribution is 2.46. The third kappa shape index (κ3) is 1.52. The normalized spacial score (nSPS) is 22.7. The van der Waals surface area contributed by atoms with Crippen molar-refractivity contribution in [3.8, 4) is 0 Å². The maximum Gasteiger partial charge on any atom is 0.406 e. The number of rotatable bonds is 0. The van der Waals surface area contributed by atoms with Gasteiger partial charge in [0.25, 0.3) is 0 Å². The Bertz CT molecular complexity index is 104. The molecule has 9 heavy (non-hydrogen) atoms. The van der Waals surface area contributed by atoms with Crippen molar-refractivity contribution in [3.05, 3.63) is 0 Å². The van der Waals surface area contributed by atoms with Crippen LogP contribution in [0.1, 0.15) is 12.8 Å². The van der Waals surface area contributed by atoms with Crippen LogP contribution >= 0.6 is 13.5 Å². The Morgan fingerprint density at radius 1 is 1.22 bits per heavy atom. The molecule has 0 unspecified atom stereocenters. The van der Waals surface area contributed by atoms with Gasteiger partial charge in [-0.3, -0.25) is 0 Å². The summed E-state index contributed by atoms with van der Waals surface area (Å²) in [6.45, 7) is 0. The van der Waals surface area contributed by atoms with E-state index in [1.807, 2.05) is 0 Å². The van der Waals surface area contributed by atoms with Crippen LogP contribution in [0.2, 0.25) is 0 Å². The van der Waals surface area contributed by atoms with Gasteiger partial charge in [0.15, 0.2) is 0 Å². The molecule has 1 saturated carbocycles. The Hall–Kier alpha value is 0.100. The van der Waals surface area contributed by atoms with Crippen molar-refractivity contribution in [1.82, 2.24) is 0 Å². The van der Waals surface area contributed by atoms with Gasteiger partial charge < -0.3 is 5.73 Å². The van der Waals surface area contributed by atoms with Gasteiger partial charge in [-0.2, -0.15) is 26.7 Å². The summed E-state index contributed by atoms with van der Waals surface area (Å²) in [7, 11) is 0. The van der Waals surface area contributed by atoms with E-state index in [0.29, 0.717) is 0 Å². The number of hydrogen-bond acceptors (Lipinski definition) is 1. The Balaban J connectivity index is 0.000000640. The van der Waals surface area contributed by atoms with Gasteiger partial charge in [-0.15, -0.1) is 0 Å². The summed E-state index contributed by atoms with van der Waals surface area (Å²) in [6, 6.07) is 0. The monoisotopic (exact) mass is 159 g/mol. The lowest BCUT2D eigenvalue weighted by Gasteiger charge is -2.11. The number of nitrogens with two attached hydrogens (primary N) is 1. The minimum Gasteiger partial charge on any atom is -0.318 e. The Labute approximate surface area is 57.9 Å². The second-order valence-corrected chi connectivity index (χ2v) is 2.15. The highest BCUT2D eigenvalue weighted by atomic mass is 32.1. The SMILES string of the molecule is NC1(C(F)(F)F)CC1.S. The molecule has 1 aliphatic carbocycles. The fourth-order valence-corrected chi connectivity index (χ4v) is 0.418. The maximum absolute atomic E-state index is 11.5. The molecule has 0 aromatic rings. The number of hydrogen-bond donors (Lipinski definition) is 1. The quantitative estimate of drug-likeness (QED) is 0.563. The summed E-state index contributed by atoms with van der Waals surface area (Å²) >= 11 is 0. The van der Waals surface area contributed by atoms with Crippen LogP contribution in [0.25, 0.3) is 0 Å². The van der Waals surface area contributed by atoms with Gasteiger partial charge in [0.2, 0.25) is 0 Å². The highest BCUT2D eigenvalue weighted by molar-refractivity contribution is 7.59. The lowest BCUT2D eigenvalue weighted by atomic mass is 10.3. The van der Waals surface area contributed by atoms with Crippen LogP contribution in [0.3, 0.4) is 0 Å². The molecule has 0 aliphatic heterocycles. The third-order valence-corrected chi connectivity index (χ3v) is 1.35. The van der Waals surface area contributed by atoms with Crippen molar-refractivity contribution in [2.45, 2.75) is 24.6 Å². The summed E-state index contributed by atoms with van der Waals surface area (Å²) in [5, 5.41) is 0. The molecule has 0 heterocycles. The Morgan fingerprint density at radius 3 is 1.56 bits per heavy atom. The average Bonchev–Trinajstić information content (AvgIpc) is 2.16. The fourth-order valence-electron chi connectivity index (χ4n) is 0.418. The topological polar surface area (TPSA) is 26.0 Å². The van der Waals surface area contributed by atoms with E-state index in [0.717, 1.165) is 0 Å². The van der Waals surface area contributed by atoms with Gasteiger partial charge in [0.1, 0.15) is 5.54 Å². The molecule has 1 aliphatic rings. The van der Waals surface area contributed by atoms with E-state index in [1.165, 1.54) is 0 Å². The lowest BCUT2D eigenvalue weighted by Crippen LogP contribution is -2.39. The lowest BCUT2D eigenvalue weighted by molar-refractivity contribution is -0.156. The minimum atomic E-state index is -4.17. The van der Waals surface area contributed by atoms with Gasteiger partial charge in [-0.05, 0) is 12.8 Å². The van der Waals surface area contributed by atoms with Crippen LogP contribution in [0.4, 0.5) is 13.2 Å². The van der Waals surface area contributed by atoms with E-state index in [1.54, 1.807) is 0 Å². The zero-order valence-electron chi connectivity index (χ0n) is 4.63. The van der Waals surface area contributed by atoms with Crippen LogP contribution < -0.4 is 5.73 Å². The van der Waals surface area contributed by atoms with E-state index in [4.69, 9.17) is 5.73 Å². The summed E-state index contributed by atoms with van der Waals surface area (Å²) < 4.78 is 34.5. The maximum atomic E-state index is 11.5. The average molecular weight is 159 g/mol. The van der Waals surface area contributed by atoms with Crippen molar-refractivity contribution in [2.75, 3.05) is 0 Å². The van der Waals surface area contributed by atoms with Crippen molar-refractivity contribution in [2.24, 2.45) is 5.73 Å². The second-order valence-electron chi connectivity index (χ2n) is 2.15. The van der Waals surface area contributed by atoms with E-state index in [-0.39, 0.29) is 26.3 Å². The first-order valence-electron chi connectivity index (χ1n) is 2.31. The van der Waals surface area contributed by atoms with Crippen LogP contribution in [-0.4, -0.2) is 11.7 Å². The minimum absolute atomic E-state index is 0. The molecule has 0 bridgehead atoms. The molecule has 0 amide bonds. The summed E-state index contributed by atoms with van der Waals surface area (Å²) in [6.07, 6.45) is -3.99. The predicted molar refractivity (Wildman–Crippen MR) is 32.6 cm³/mol. The Kier molecular flexibility index (Phi) is 2.08. The third-order valence-electron chi connectivity index (χ3n) is 1.35. The zero-order valence-corrected chi connectivity index (χ0v) is 5.63. The van der Waals surface area contributed by atoms with E-state index in [2.05, 4.69) is 0 Å². The van der Waals surface area contributed by atoms with Crippen LogP contribution in [0.5, 0.6) is 0 Å². The highest BCUT2D eigenvalue weighted by Gasteiger charge is 2.60. The van der Waals surface area contributed by atoms with Crippen molar-refractivity contribution in [3.63, 3.8) is 0 Å². The molecular weight excluding hydrogens is 151 g/mol. The van der Waals surface area contributed by atoms with Crippen LogP contribution in [-0.2, 0) is 0 Å². The zero-order chi connectivity index (χ0) is 6.41. The second kappa shape index (κ2) is 2.05. The van der Waals surface area contributed by atoms with Crippen molar-refractivity contribution in [1.29, 1.82) is 0 Å². The molecule has 0 aromatic carbocycles. The van der Waals surface area contributed by atoms with Crippen LogP contribution in [0, 0.1) is 0 Å². The van der Waals surface area contributed by atoms with Gasteiger partial charge in [0.05, 0.1) is 0 Å². The molecule has 0 saturated heterocycles. The molecule has 5 heteroatoms. The molecule has 56 valence electrons. The van der Waals surface area contributed by atoms with Crippen LogP contribution in [0.15, 0.2) is 0 Å². The van der Waals surface area contributed by atoms with Crippen molar-refractivity contribution < 1.29 is 13.2 Å². The molecule has 1 rings (SSSR count). The number of halogens is 3. The van der Waals surface area contributed by atoms with E-state index < -0.39 is 11.7 Å². The van der Waals surface area contributed by atoms with Gasteiger partial charge in [-0.25, -0.2) is 0 Å². The molecule has 1 fully saturated rings. The standard InChI is InChI=1S/C4H6F3N.H2S/c5-4(6,7)3(8)1-2-3;/h1-2,8H2;1H2. The first kappa shape index (κ1) is 9.10. The van der Waals surface area contributed by atoms with Gasteiger partial charge in [-0.1, -0.05) is 0 Å². The smallest absolute Gasteiger partial charge is 0.318 e. The van der Waals surface area contributed by atoms with Crippen molar-refractivity contribution >= 4 is 13.5 Å². The molecular formula is C4H8F3NS. The summed E-state index contributed by atoms with van der Waals surface area (Å²) in [5.74, 6) is 0. The van der Waals surface area contributed by atoms with E-state index >= 15 is 0 Å². The number of alkyl halides is 3. The first-order valence-corrected chi connectivity index (χ1v) is 2.31. The first-order chi connectivity index (χ1) is 3.46. The molecule has 0 spiro atoms. The summed E-state index contributed by atoms with van der Waals surface area (Å²) in [4.78, 5) is 0. The Morgan fingerprint density at radius 2 is 1.56 bits per heavy atom. The van der Waals surface area contributed by atoms with E-state index in [9.17, 15) is 13.2 Å². The fraction of sp³-hybridized carbons (Fsp3) is 1.00. The molecule has 2 N–H and O–H groups in total. The van der Waals surface area contributed by atoms with Gasteiger partial charge in [0, 0.05) is 0 Å². The molecule has 0 aromatic heterocycles. The molecule has 1 nitrogen and oxygen atoms in total. The largest absolute Gasteiger partial charge is 0.406 e. The molecule has 0 atom stereocenters. The molecule has 0 radical (unpaired) electrons. The summed E-state index contributed by atoms with van der Waals surface area (Å²) in [5.41, 5.74) is 2.99.